The first-order chi connectivity index (χ1) is 15.1. The second-order valence-electron chi connectivity index (χ2n) is 7.09. The Kier molecular flexibility index (Phi) is 5.99. The van der Waals surface area contributed by atoms with E-state index in [9.17, 15) is 18.0 Å². The highest BCUT2D eigenvalue weighted by Gasteiger charge is 2.34. The van der Waals surface area contributed by atoms with Crippen LogP contribution in [0.3, 0.4) is 0 Å². The zero-order valence-electron chi connectivity index (χ0n) is 17.2. The van der Waals surface area contributed by atoms with Crippen LogP contribution in [0.1, 0.15) is 33.0 Å². The number of thiazole rings is 2. The fourth-order valence-electron chi connectivity index (χ4n) is 3.20. The fourth-order valence-corrected chi connectivity index (χ4v) is 7.31. The van der Waals surface area contributed by atoms with E-state index < -0.39 is 15.9 Å². The lowest BCUT2D eigenvalue weighted by Gasteiger charge is -2.24. The Bertz CT molecular complexity index is 1310. The molecule has 0 spiro atoms. The van der Waals surface area contributed by atoms with E-state index in [1.807, 2.05) is 0 Å². The van der Waals surface area contributed by atoms with Crippen LogP contribution in [-0.2, 0) is 27.8 Å². The van der Waals surface area contributed by atoms with Gasteiger partial charge in [0.2, 0.25) is 5.91 Å². The average molecular weight is 493 g/mol. The monoisotopic (exact) mass is 492 g/mol. The minimum Gasteiger partial charge on any atom is -0.397 e. The van der Waals surface area contributed by atoms with Crippen molar-refractivity contribution < 1.29 is 18.0 Å². The van der Waals surface area contributed by atoms with Gasteiger partial charge in [-0.3, -0.25) is 9.59 Å². The maximum Gasteiger partial charge on any atom is 0.284 e. The minimum atomic E-state index is -3.82. The van der Waals surface area contributed by atoms with Crippen LogP contribution in [0.25, 0.3) is 0 Å². The van der Waals surface area contributed by atoms with Gasteiger partial charge < -0.3 is 16.4 Å². The number of fused-ring (bicyclic) bond motifs is 1. The molecule has 13 heteroatoms. The summed E-state index contributed by atoms with van der Waals surface area (Å²) in [5.41, 5.74) is 7.85. The third-order valence-electron chi connectivity index (χ3n) is 4.71. The Morgan fingerprint density at radius 3 is 2.62 bits per heavy atom. The van der Waals surface area contributed by atoms with Crippen LogP contribution in [-0.4, -0.2) is 41.1 Å². The van der Waals surface area contributed by atoms with Crippen molar-refractivity contribution in [1.29, 1.82) is 0 Å². The highest BCUT2D eigenvalue weighted by Crippen LogP contribution is 2.34. The van der Waals surface area contributed by atoms with E-state index >= 15 is 0 Å². The molecule has 0 atom stereocenters. The van der Waals surface area contributed by atoms with Crippen LogP contribution in [0, 0.1) is 6.92 Å². The number of nitrogens with zero attached hydrogens (tertiary/aromatic N) is 3. The number of benzene rings is 1. The predicted molar refractivity (Wildman–Crippen MR) is 123 cm³/mol. The highest BCUT2D eigenvalue weighted by molar-refractivity contribution is 7.91. The molecule has 1 aliphatic rings. The largest absolute Gasteiger partial charge is 0.397 e. The number of sulfonamides is 1. The number of nitrogens with two attached hydrogens (primary N) is 1. The smallest absolute Gasteiger partial charge is 0.284 e. The van der Waals surface area contributed by atoms with E-state index in [1.165, 1.54) is 11.2 Å². The second kappa shape index (κ2) is 8.58. The first-order valence-electron chi connectivity index (χ1n) is 9.54. The molecule has 3 aromatic rings. The number of nitrogen functional groups attached to an aromatic ring is 1. The Hall–Kier alpha value is -2.87. The molecule has 4 N–H and O–H groups in total. The van der Waals surface area contributed by atoms with Crippen LogP contribution in [0.4, 0.5) is 16.5 Å². The Morgan fingerprint density at radius 1 is 1.16 bits per heavy atom. The fraction of sp³-hybridized carbons (Fsp3) is 0.263. The quantitative estimate of drug-likeness (QED) is 0.463. The number of hydrogen-bond acceptors (Lipinski definition) is 9. The summed E-state index contributed by atoms with van der Waals surface area (Å²) in [7, 11) is -3.82. The van der Waals surface area contributed by atoms with E-state index in [0.717, 1.165) is 27.6 Å². The molecule has 0 bridgehead atoms. The third kappa shape index (κ3) is 4.37. The van der Waals surface area contributed by atoms with Gasteiger partial charge >= 0.3 is 0 Å². The van der Waals surface area contributed by atoms with E-state index in [-0.39, 0.29) is 33.3 Å². The molecule has 0 radical (unpaired) electrons. The summed E-state index contributed by atoms with van der Waals surface area (Å²) in [5, 5.41) is 5.75. The first-order valence-corrected chi connectivity index (χ1v) is 12.6. The molecule has 32 heavy (non-hydrogen) atoms. The van der Waals surface area contributed by atoms with Crippen LogP contribution < -0.4 is 16.4 Å². The molecular weight excluding hydrogens is 472 g/mol. The summed E-state index contributed by atoms with van der Waals surface area (Å²) in [6.45, 7) is 3.27. The molecule has 168 valence electrons. The SMILES string of the molecule is CC(=O)Nc1nc(C)c(S(=O)(=O)N2CCc3nc(C(=O)Nc4ccccc4N)sc3C2)s1. The number of aromatic nitrogens is 2. The van der Waals surface area contributed by atoms with Crippen molar-refractivity contribution in [2.24, 2.45) is 0 Å². The van der Waals surface area contributed by atoms with Gasteiger partial charge in [0.15, 0.2) is 14.3 Å². The number of nitrogens with one attached hydrogen (secondary N) is 2. The molecule has 0 fully saturated rings. The highest BCUT2D eigenvalue weighted by atomic mass is 32.2. The number of aryl methyl sites for hydroxylation is 1. The van der Waals surface area contributed by atoms with Gasteiger partial charge in [-0.05, 0) is 19.1 Å². The van der Waals surface area contributed by atoms with E-state index in [1.54, 1.807) is 31.2 Å². The second-order valence-corrected chi connectivity index (χ2v) is 11.3. The molecule has 2 aromatic heterocycles. The summed E-state index contributed by atoms with van der Waals surface area (Å²) < 4.78 is 27.9. The summed E-state index contributed by atoms with van der Waals surface area (Å²) in [5.74, 6) is -0.715. The standard InChI is InChI=1S/C19H20N6O4S3/c1-10-18(31-19(21-10)22-11(2)26)32(28,29)25-8-7-14-15(9-25)30-17(24-14)16(27)23-13-6-4-3-5-12(13)20/h3-6H,7-9,20H2,1-2H3,(H,23,27)(H,21,22,26). The number of amides is 2. The average Bonchev–Trinajstić information content (AvgIpc) is 3.32. The maximum atomic E-state index is 13.2. The van der Waals surface area contributed by atoms with Gasteiger partial charge in [0, 0.05) is 24.8 Å². The molecule has 0 aliphatic carbocycles. The summed E-state index contributed by atoms with van der Waals surface area (Å²) in [6, 6.07) is 6.91. The van der Waals surface area contributed by atoms with Gasteiger partial charge in [-0.15, -0.1) is 11.3 Å². The van der Waals surface area contributed by atoms with Crippen LogP contribution in [0.5, 0.6) is 0 Å². The number of hydrogen-bond donors (Lipinski definition) is 3. The van der Waals surface area contributed by atoms with Crippen molar-refractivity contribution in [1.82, 2.24) is 14.3 Å². The van der Waals surface area contributed by atoms with Gasteiger partial charge in [0.1, 0.15) is 0 Å². The van der Waals surface area contributed by atoms with Gasteiger partial charge in [-0.2, -0.15) is 4.31 Å². The molecule has 0 saturated carbocycles. The predicted octanol–water partition coefficient (Wildman–Crippen LogP) is 2.45. The lowest BCUT2D eigenvalue weighted by Crippen LogP contribution is -2.35. The lowest BCUT2D eigenvalue weighted by molar-refractivity contribution is -0.114. The lowest BCUT2D eigenvalue weighted by atomic mass is 10.2. The van der Waals surface area contributed by atoms with Crippen molar-refractivity contribution in [3.63, 3.8) is 0 Å². The summed E-state index contributed by atoms with van der Waals surface area (Å²) >= 11 is 2.08. The number of anilines is 3. The number of para-hydroxylation sites is 2. The van der Waals surface area contributed by atoms with Crippen molar-refractivity contribution in [3.8, 4) is 0 Å². The summed E-state index contributed by atoms with van der Waals surface area (Å²) in [4.78, 5) is 33.2. The Labute approximate surface area is 192 Å². The molecule has 2 amide bonds. The zero-order chi connectivity index (χ0) is 23.0. The van der Waals surface area contributed by atoms with E-state index in [4.69, 9.17) is 5.73 Å². The van der Waals surface area contributed by atoms with Crippen LogP contribution in [0.2, 0.25) is 0 Å². The normalized spacial score (nSPS) is 14.1. The number of rotatable bonds is 5. The molecule has 1 aliphatic heterocycles. The Balaban J connectivity index is 1.53. The van der Waals surface area contributed by atoms with Gasteiger partial charge in [-0.25, -0.2) is 18.4 Å². The van der Waals surface area contributed by atoms with Crippen molar-refractivity contribution >= 4 is 61.0 Å². The molecule has 4 rings (SSSR count). The molecular formula is C19H20N6O4S3. The van der Waals surface area contributed by atoms with Gasteiger partial charge in [0.05, 0.1) is 29.3 Å². The third-order valence-corrected chi connectivity index (χ3v) is 9.30. The van der Waals surface area contributed by atoms with Crippen molar-refractivity contribution in [2.75, 3.05) is 22.9 Å². The van der Waals surface area contributed by atoms with Crippen molar-refractivity contribution in [3.05, 3.63) is 45.5 Å². The zero-order valence-corrected chi connectivity index (χ0v) is 19.7. The van der Waals surface area contributed by atoms with E-state index in [0.29, 0.717) is 29.2 Å². The number of carbonyl (C=O) groups is 2. The first kappa shape index (κ1) is 22.3. The molecule has 3 heterocycles. The van der Waals surface area contributed by atoms with Crippen molar-refractivity contribution in [2.45, 2.75) is 31.0 Å². The topological polar surface area (TPSA) is 147 Å². The van der Waals surface area contributed by atoms with Gasteiger partial charge in [0.25, 0.3) is 15.9 Å². The summed E-state index contributed by atoms with van der Waals surface area (Å²) in [6.07, 6.45) is 0.391. The molecule has 0 unspecified atom stereocenters. The minimum absolute atomic E-state index is 0.0896. The molecule has 1 aromatic carbocycles. The molecule has 0 saturated heterocycles. The Morgan fingerprint density at radius 2 is 1.91 bits per heavy atom. The van der Waals surface area contributed by atoms with Crippen LogP contribution in [0.15, 0.2) is 28.5 Å². The maximum absolute atomic E-state index is 13.2. The van der Waals surface area contributed by atoms with E-state index in [2.05, 4.69) is 20.6 Å². The number of carbonyl (C=O) groups excluding carboxylic acids is 2. The van der Waals surface area contributed by atoms with Crippen LogP contribution >= 0.6 is 22.7 Å². The molecule has 10 nitrogen and oxygen atoms in total. The van der Waals surface area contributed by atoms with Gasteiger partial charge in [-0.1, -0.05) is 23.5 Å².